The van der Waals surface area contributed by atoms with E-state index in [1.165, 1.54) is 11.3 Å². The summed E-state index contributed by atoms with van der Waals surface area (Å²) in [4.78, 5) is 4.64. The Kier molecular flexibility index (Phi) is 4.35. The molecule has 0 saturated carbocycles. The predicted octanol–water partition coefficient (Wildman–Crippen LogP) is 5.67. The van der Waals surface area contributed by atoms with Crippen molar-refractivity contribution in [1.29, 1.82) is 5.26 Å². The molecule has 1 N–H and O–H groups in total. The van der Waals surface area contributed by atoms with E-state index in [1.807, 2.05) is 47.8 Å². The minimum absolute atomic E-state index is 0.238. The summed E-state index contributed by atoms with van der Waals surface area (Å²) in [6.07, 6.45) is 1.71. The fourth-order valence-electron chi connectivity index (χ4n) is 3.23. The van der Waals surface area contributed by atoms with Crippen LogP contribution in [0.4, 0.5) is 5.69 Å². The lowest BCUT2D eigenvalue weighted by atomic mass is 10.1. The number of hydrogen-bond acceptors (Lipinski definition) is 6. The number of thiazole rings is 1. The third-order valence-electron chi connectivity index (χ3n) is 4.69. The summed E-state index contributed by atoms with van der Waals surface area (Å²) in [5.41, 5.74) is 3.16. The molecule has 0 fully saturated rings. The van der Waals surface area contributed by atoms with Gasteiger partial charge in [-0.1, -0.05) is 36.4 Å². The molecule has 29 heavy (non-hydrogen) atoms. The topological polar surface area (TPSA) is 67.2 Å². The summed E-state index contributed by atoms with van der Waals surface area (Å²) < 4.78 is 10.8. The molecular weight excluding hydrogens is 382 g/mol. The van der Waals surface area contributed by atoms with E-state index in [-0.39, 0.29) is 6.79 Å². The largest absolute Gasteiger partial charge is 0.454 e. The van der Waals surface area contributed by atoms with Crippen LogP contribution in [-0.4, -0.2) is 11.8 Å². The predicted molar refractivity (Wildman–Crippen MR) is 115 cm³/mol. The van der Waals surface area contributed by atoms with E-state index >= 15 is 0 Å². The molecular formula is C23H15N3O2S. The molecule has 2 heterocycles. The number of hydrogen-bond donors (Lipinski definition) is 1. The average molecular weight is 397 g/mol. The van der Waals surface area contributed by atoms with Gasteiger partial charge in [0.25, 0.3) is 0 Å². The average Bonchev–Trinajstić information content (AvgIpc) is 3.43. The maximum Gasteiger partial charge on any atom is 0.231 e. The fraction of sp³-hybridized carbons (Fsp3) is 0.0435. The first-order chi connectivity index (χ1) is 14.3. The Morgan fingerprint density at radius 3 is 2.86 bits per heavy atom. The maximum atomic E-state index is 9.65. The molecule has 0 unspecified atom stereocenters. The molecule has 0 aliphatic carbocycles. The third kappa shape index (κ3) is 3.28. The number of benzene rings is 3. The molecule has 0 spiro atoms. The van der Waals surface area contributed by atoms with Gasteiger partial charge in [0, 0.05) is 28.2 Å². The molecule has 4 aromatic rings. The highest BCUT2D eigenvalue weighted by Gasteiger charge is 2.16. The Morgan fingerprint density at radius 2 is 1.93 bits per heavy atom. The minimum atomic E-state index is 0.238. The SMILES string of the molecule is N#CC(=CNc1cccc2ccccc12)c1nc(-c2ccc3c(c2)OCO3)cs1. The number of fused-ring (bicyclic) bond motifs is 2. The summed E-state index contributed by atoms with van der Waals surface area (Å²) >= 11 is 1.44. The number of allylic oxidation sites excluding steroid dienone is 1. The minimum Gasteiger partial charge on any atom is -0.454 e. The number of ether oxygens (including phenoxy) is 2. The van der Waals surface area contributed by atoms with Gasteiger partial charge >= 0.3 is 0 Å². The van der Waals surface area contributed by atoms with Crippen LogP contribution in [-0.2, 0) is 0 Å². The van der Waals surface area contributed by atoms with Gasteiger partial charge in [0.1, 0.15) is 16.6 Å². The van der Waals surface area contributed by atoms with Gasteiger partial charge in [-0.15, -0.1) is 11.3 Å². The summed E-state index contributed by atoms with van der Waals surface area (Å²) in [5, 5.41) is 17.8. The van der Waals surface area contributed by atoms with Gasteiger partial charge in [-0.3, -0.25) is 0 Å². The Morgan fingerprint density at radius 1 is 1.07 bits per heavy atom. The highest BCUT2D eigenvalue weighted by atomic mass is 32.1. The van der Waals surface area contributed by atoms with Gasteiger partial charge in [-0.05, 0) is 29.7 Å². The van der Waals surface area contributed by atoms with E-state index < -0.39 is 0 Å². The zero-order valence-corrected chi connectivity index (χ0v) is 16.1. The smallest absolute Gasteiger partial charge is 0.231 e. The summed E-state index contributed by atoms with van der Waals surface area (Å²) in [6.45, 7) is 0.238. The second kappa shape index (κ2) is 7.30. The highest BCUT2D eigenvalue weighted by Crippen LogP contribution is 2.36. The molecule has 1 aromatic heterocycles. The van der Waals surface area contributed by atoms with Crippen molar-refractivity contribution in [2.45, 2.75) is 0 Å². The number of nitriles is 1. The van der Waals surface area contributed by atoms with E-state index in [4.69, 9.17) is 9.47 Å². The third-order valence-corrected chi connectivity index (χ3v) is 5.56. The number of nitrogens with zero attached hydrogens (tertiary/aromatic N) is 2. The molecule has 140 valence electrons. The number of rotatable bonds is 4. The highest BCUT2D eigenvalue weighted by molar-refractivity contribution is 7.11. The van der Waals surface area contributed by atoms with Crippen LogP contribution in [0.3, 0.4) is 0 Å². The molecule has 5 nitrogen and oxygen atoms in total. The Hall–Kier alpha value is -3.82. The zero-order valence-electron chi connectivity index (χ0n) is 15.3. The van der Waals surface area contributed by atoms with Crippen LogP contribution < -0.4 is 14.8 Å². The van der Waals surface area contributed by atoms with Crippen LogP contribution in [0.15, 0.2) is 72.2 Å². The first-order valence-electron chi connectivity index (χ1n) is 9.02. The van der Waals surface area contributed by atoms with Crippen molar-refractivity contribution in [3.05, 3.63) is 77.3 Å². The second-order valence-electron chi connectivity index (χ2n) is 6.45. The normalized spacial score (nSPS) is 12.7. The molecule has 0 amide bonds. The molecule has 0 bridgehead atoms. The maximum absolute atomic E-state index is 9.65. The van der Waals surface area contributed by atoms with E-state index in [1.54, 1.807) is 6.20 Å². The lowest BCUT2D eigenvalue weighted by molar-refractivity contribution is 0.174. The van der Waals surface area contributed by atoms with Crippen molar-refractivity contribution in [2.75, 3.05) is 12.1 Å². The van der Waals surface area contributed by atoms with Crippen molar-refractivity contribution < 1.29 is 9.47 Å². The summed E-state index contributed by atoms with van der Waals surface area (Å²) in [7, 11) is 0. The van der Waals surface area contributed by atoms with E-state index in [0.717, 1.165) is 33.5 Å². The van der Waals surface area contributed by atoms with E-state index in [9.17, 15) is 5.26 Å². The van der Waals surface area contributed by atoms with Crippen molar-refractivity contribution >= 4 is 33.4 Å². The van der Waals surface area contributed by atoms with Crippen LogP contribution in [0, 0.1) is 11.3 Å². The number of aromatic nitrogens is 1. The van der Waals surface area contributed by atoms with Crippen molar-refractivity contribution in [3.8, 4) is 28.8 Å². The van der Waals surface area contributed by atoms with Crippen LogP contribution in [0.5, 0.6) is 11.5 Å². The van der Waals surface area contributed by atoms with Gasteiger partial charge < -0.3 is 14.8 Å². The summed E-state index contributed by atoms with van der Waals surface area (Å²) in [5.74, 6) is 1.45. The molecule has 5 rings (SSSR count). The van der Waals surface area contributed by atoms with Crippen LogP contribution >= 0.6 is 11.3 Å². The van der Waals surface area contributed by atoms with Crippen LogP contribution in [0.2, 0.25) is 0 Å². The van der Waals surface area contributed by atoms with Crippen molar-refractivity contribution in [1.82, 2.24) is 4.98 Å². The molecule has 0 saturated heterocycles. The summed E-state index contributed by atoms with van der Waals surface area (Å²) in [6, 6.07) is 22.1. The van der Waals surface area contributed by atoms with Gasteiger partial charge in [0.05, 0.1) is 5.69 Å². The van der Waals surface area contributed by atoms with Crippen molar-refractivity contribution in [2.24, 2.45) is 0 Å². The van der Waals surface area contributed by atoms with Gasteiger partial charge in [-0.25, -0.2) is 4.98 Å². The molecule has 0 radical (unpaired) electrons. The molecule has 6 heteroatoms. The lowest BCUT2D eigenvalue weighted by Gasteiger charge is -2.06. The number of anilines is 1. The quantitative estimate of drug-likeness (QED) is 0.450. The van der Waals surface area contributed by atoms with Crippen LogP contribution in [0.25, 0.3) is 27.6 Å². The van der Waals surface area contributed by atoms with Crippen molar-refractivity contribution in [3.63, 3.8) is 0 Å². The molecule has 3 aromatic carbocycles. The standard InChI is InChI=1S/C23H15N3O2S/c24-11-17(12-25-19-7-3-5-15-4-1-2-6-18(15)19)23-26-20(13-29-23)16-8-9-21-22(10-16)28-14-27-21/h1-10,12-13,25H,14H2. The Labute approximate surface area is 171 Å². The van der Waals surface area contributed by atoms with Gasteiger partial charge in [0.15, 0.2) is 11.5 Å². The van der Waals surface area contributed by atoms with Crippen LogP contribution in [0.1, 0.15) is 5.01 Å². The fourth-order valence-corrected chi connectivity index (χ4v) is 4.02. The molecule has 1 aliphatic heterocycles. The van der Waals surface area contributed by atoms with Gasteiger partial charge in [0.2, 0.25) is 6.79 Å². The Balaban J connectivity index is 1.43. The monoisotopic (exact) mass is 397 g/mol. The molecule has 0 atom stereocenters. The zero-order chi connectivity index (χ0) is 19.6. The first-order valence-corrected chi connectivity index (χ1v) is 9.90. The Bertz CT molecular complexity index is 1280. The van der Waals surface area contributed by atoms with E-state index in [2.05, 4.69) is 34.6 Å². The number of nitrogens with one attached hydrogen (secondary N) is 1. The second-order valence-corrected chi connectivity index (χ2v) is 7.30. The lowest BCUT2D eigenvalue weighted by Crippen LogP contribution is -1.92. The first kappa shape index (κ1) is 17.3. The molecule has 1 aliphatic rings. The van der Waals surface area contributed by atoms with E-state index in [0.29, 0.717) is 16.3 Å². The van der Waals surface area contributed by atoms with Gasteiger partial charge in [-0.2, -0.15) is 5.26 Å².